The predicted octanol–water partition coefficient (Wildman–Crippen LogP) is 12.0. The third-order valence-electron chi connectivity index (χ3n) is 9.13. The van der Waals surface area contributed by atoms with E-state index in [0.29, 0.717) is 17.5 Å². The molecule has 48 heavy (non-hydrogen) atoms. The number of benzene rings is 7. The minimum Gasteiger partial charge on any atom is -0.455 e. The van der Waals surface area contributed by atoms with Gasteiger partial charge < -0.3 is 4.42 Å². The zero-order valence-corrected chi connectivity index (χ0v) is 26.4. The summed E-state index contributed by atoms with van der Waals surface area (Å²) in [7, 11) is 0. The summed E-state index contributed by atoms with van der Waals surface area (Å²) < 4.78 is 9.34. The van der Waals surface area contributed by atoms with Crippen molar-refractivity contribution < 1.29 is 4.42 Å². The summed E-state index contributed by atoms with van der Waals surface area (Å²) in [6, 6.07) is 52.5. The molecule has 5 heteroatoms. The SMILES string of the molecule is c1ccc(-c2ccc(-c3nc(-c4ccccc4)nc(-c4ccc5c(c4)oc4c5c5ccccc5c5sc6ccccc6c45)n3)cc2)cc1. The Labute approximate surface area is 279 Å². The summed E-state index contributed by atoms with van der Waals surface area (Å²) in [6.07, 6.45) is 0. The average molecular weight is 632 g/mol. The standard InChI is InChI=1S/C43H25N3OS/c1-3-11-26(12-4-1)27-19-21-29(22-20-27)42-44-41(28-13-5-2-6-14-28)45-43(46-42)30-23-24-33-35(25-30)47-39-37(33)31-15-7-8-16-32(31)40-38(39)34-17-9-10-18-36(34)48-40/h1-25H. The van der Waals surface area contributed by atoms with E-state index < -0.39 is 0 Å². The van der Waals surface area contributed by atoms with Crippen molar-refractivity contribution in [2.24, 2.45) is 0 Å². The van der Waals surface area contributed by atoms with E-state index in [-0.39, 0.29) is 0 Å². The first-order chi connectivity index (χ1) is 23.8. The van der Waals surface area contributed by atoms with Crippen LogP contribution in [-0.2, 0) is 0 Å². The molecule has 0 fully saturated rings. The highest BCUT2D eigenvalue weighted by molar-refractivity contribution is 7.27. The van der Waals surface area contributed by atoms with Crippen molar-refractivity contribution in [1.29, 1.82) is 0 Å². The van der Waals surface area contributed by atoms with Gasteiger partial charge in [-0.25, -0.2) is 15.0 Å². The molecule has 0 saturated heterocycles. The van der Waals surface area contributed by atoms with Crippen LogP contribution in [0.1, 0.15) is 0 Å². The Morgan fingerprint density at radius 2 is 0.917 bits per heavy atom. The number of nitrogens with zero attached hydrogens (tertiary/aromatic N) is 3. The van der Waals surface area contributed by atoms with Crippen molar-refractivity contribution >= 4 is 64.2 Å². The van der Waals surface area contributed by atoms with Gasteiger partial charge in [0, 0.05) is 53.0 Å². The van der Waals surface area contributed by atoms with Gasteiger partial charge in [-0.15, -0.1) is 11.3 Å². The minimum absolute atomic E-state index is 0.601. The van der Waals surface area contributed by atoms with E-state index in [2.05, 4.69) is 115 Å². The maximum absolute atomic E-state index is 6.82. The highest BCUT2D eigenvalue weighted by Gasteiger charge is 2.20. The van der Waals surface area contributed by atoms with E-state index >= 15 is 0 Å². The first-order valence-electron chi connectivity index (χ1n) is 15.9. The van der Waals surface area contributed by atoms with Crippen LogP contribution in [0.25, 0.3) is 98.2 Å². The highest BCUT2D eigenvalue weighted by atomic mass is 32.1. The molecule has 10 rings (SSSR count). The third kappa shape index (κ3) is 4.25. The van der Waals surface area contributed by atoms with Gasteiger partial charge in [0.05, 0.1) is 0 Å². The molecule has 224 valence electrons. The Balaban J connectivity index is 1.18. The lowest BCUT2D eigenvalue weighted by molar-refractivity contribution is 0.673. The van der Waals surface area contributed by atoms with Crippen LogP contribution in [0.5, 0.6) is 0 Å². The van der Waals surface area contributed by atoms with Gasteiger partial charge in [0.15, 0.2) is 17.5 Å². The molecule has 10 aromatic rings. The quantitative estimate of drug-likeness (QED) is 0.194. The van der Waals surface area contributed by atoms with Crippen LogP contribution in [0.2, 0.25) is 0 Å². The third-order valence-corrected chi connectivity index (χ3v) is 10.3. The zero-order chi connectivity index (χ0) is 31.6. The molecule has 0 aliphatic rings. The van der Waals surface area contributed by atoms with E-state index in [1.54, 1.807) is 0 Å². The zero-order valence-electron chi connectivity index (χ0n) is 25.6. The Morgan fingerprint density at radius 1 is 0.396 bits per heavy atom. The van der Waals surface area contributed by atoms with Gasteiger partial charge in [-0.3, -0.25) is 0 Å². The Kier molecular flexibility index (Phi) is 6.01. The van der Waals surface area contributed by atoms with Gasteiger partial charge in [-0.2, -0.15) is 0 Å². The Bertz CT molecular complexity index is 2820. The van der Waals surface area contributed by atoms with Crippen LogP contribution in [-0.4, -0.2) is 15.0 Å². The molecule has 3 aromatic heterocycles. The smallest absolute Gasteiger partial charge is 0.164 e. The van der Waals surface area contributed by atoms with Gasteiger partial charge >= 0.3 is 0 Å². The molecular formula is C43H25N3OS. The minimum atomic E-state index is 0.601. The topological polar surface area (TPSA) is 51.8 Å². The Hall–Kier alpha value is -6.17. The fourth-order valence-electron chi connectivity index (χ4n) is 6.83. The van der Waals surface area contributed by atoms with Crippen molar-refractivity contribution in [3.63, 3.8) is 0 Å². The van der Waals surface area contributed by atoms with Crippen molar-refractivity contribution in [2.75, 3.05) is 0 Å². The molecule has 7 aromatic carbocycles. The van der Waals surface area contributed by atoms with Gasteiger partial charge in [0.2, 0.25) is 0 Å². The second-order valence-corrected chi connectivity index (χ2v) is 13.0. The fraction of sp³-hybridized carbons (Fsp3) is 0. The first-order valence-corrected chi connectivity index (χ1v) is 16.8. The highest BCUT2D eigenvalue weighted by Crippen LogP contribution is 2.47. The molecule has 0 aliphatic heterocycles. The lowest BCUT2D eigenvalue weighted by Crippen LogP contribution is -2.00. The number of rotatable bonds is 4. The molecule has 0 bridgehead atoms. The second kappa shape index (κ2) is 10.7. The van der Waals surface area contributed by atoms with E-state index in [0.717, 1.165) is 44.2 Å². The van der Waals surface area contributed by atoms with Crippen molar-refractivity contribution in [3.8, 4) is 45.3 Å². The van der Waals surface area contributed by atoms with E-state index in [1.807, 2.05) is 47.7 Å². The van der Waals surface area contributed by atoms with Crippen LogP contribution in [0, 0.1) is 0 Å². The molecule has 3 heterocycles. The van der Waals surface area contributed by atoms with Gasteiger partial charge in [-0.1, -0.05) is 133 Å². The van der Waals surface area contributed by atoms with Crippen molar-refractivity contribution in [2.45, 2.75) is 0 Å². The number of fused-ring (bicyclic) bond motifs is 10. The molecule has 0 spiro atoms. The summed E-state index contributed by atoms with van der Waals surface area (Å²) >= 11 is 1.83. The molecular weight excluding hydrogens is 607 g/mol. The maximum Gasteiger partial charge on any atom is 0.164 e. The van der Waals surface area contributed by atoms with Crippen LogP contribution < -0.4 is 0 Å². The fourth-order valence-corrected chi connectivity index (χ4v) is 8.07. The summed E-state index contributed by atoms with van der Waals surface area (Å²) in [5.74, 6) is 1.86. The average Bonchev–Trinajstić information content (AvgIpc) is 3.74. The molecule has 4 nitrogen and oxygen atoms in total. The number of aromatic nitrogens is 3. The first kappa shape index (κ1) is 27.0. The molecule has 0 saturated carbocycles. The lowest BCUT2D eigenvalue weighted by atomic mass is 9.99. The second-order valence-electron chi connectivity index (χ2n) is 12.0. The number of hydrogen-bond acceptors (Lipinski definition) is 5. The maximum atomic E-state index is 6.82. The molecule has 0 aliphatic carbocycles. The predicted molar refractivity (Wildman–Crippen MR) is 199 cm³/mol. The van der Waals surface area contributed by atoms with Crippen LogP contribution >= 0.6 is 11.3 Å². The normalized spacial score (nSPS) is 11.8. The molecule has 0 atom stereocenters. The molecule has 0 N–H and O–H groups in total. The van der Waals surface area contributed by atoms with Gasteiger partial charge in [-0.05, 0) is 34.7 Å². The number of furan rings is 1. The van der Waals surface area contributed by atoms with E-state index in [4.69, 9.17) is 19.4 Å². The summed E-state index contributed by atoms with van der Waals surface area (Å²) in [5.41, 5.74) is 6.79. The van der Waals surface area contributed by atoms with Gasteiger partial charge in [0.25, 0.3) is 0 Å². The van der Waals surface area contributed by atoms with Gasteiger partial charge in [0.1, 0.15) is 11.2 Å². The Morgan fingerprint density at radius 3 is 1.65 bits per heavy atom. The number of thiophene rings is 1. The van der Waals surface area contributed by atoms with Crippen LogP contribution in [0.4, 0.5) is 0 Å². The number of hydrogen-bond donors (Lipinski definition) is 0. The summed E-state index contributed by atoms with van der Waals surface area (Å²) in [6.45, 7) is 0. The summed E-state index contributed by atoms with van der Waals surface area (Å²) in [5, 5.41) is 7.07. The van der Waals surface area contributed by atoms with Crippen LogP contribution in [0.3, 0.4) is 0 Å². The lowest BCUT2D eigenvalue weighted by Gasteiger charge is -2.09. The summed E-state index contributed by atoms with van der Waals surface area (Å²) in [4.78, 5) is 15.0. The van der Waals surface area contributed by atoms with Crippen molar-refractivity contribution in [3.05, 3.63) is 152 Å². The molecule has 0 unspecified atom stereocenters. The molecule has 0 amide bonds. The van der Waals surface area contributed by atoms with Crippen molar-refractivity contribution in [1.82, 2.24) is 15.0 Å². The van der Waals surface area contributed by atoms with E-state index in [1.165, 1.54) is 36.5 Å². The largest absolute Gasteiger partial charge is 0.455 e. The van der Waals surface area contributed by atoms with Crippen LogP contribution in [0.15, 0.2) is 156 Å². The monoisotopic (exact) mass is 631 g/mol. The van der Waals surface area contributed by atoms with E-state index in [9.17, 15) is 0 Å². The molecule has 0 radical (unpaired) electrons.